The molecule has 28 heavy (non-hydrogen) atoms. The number of phenolic OH excluding ortho intramolecular Hbond substituents is 1. The van der Waals surface area contributed by atoms with Gasteiger partial charge in [-0.3, -0.25) is 4.79 Å². The summed E-state index contributed by atoms with van der Waals surface area (Å²) in [7, 11) is 0. The van der Waals surface area contributed by atoms with Crippen molar-refractivity contribution in [3.63, 3.8) is 0 Å². The molecule has 0 unspecified atom stereocenters. The number of amides is 1. The summed E-state index contributed by atoms with van der Waals surface area (Å²) in [5.41, 5.74) is 2.74. The first-order chi connectivity index (χ1) is 13.5. The maximum absolute atomic E-state index is 13.1. The molecule has 144 valence electrons. The first-order valence-electron chi connectivity index (χ1n) is 9.33. The van der Waals surface area contributed by atoms with Crippen LogP contribution in [0.1, 0.15) is 39.7 Å². The average molecular weight is 396 g/mol. The highest BCUT2D eigenvalue weighted by Crippen LogP contribution is 2.32. The minimum atomic E-state index is -0.287. The van der Waals surface area contributed by atoms with Crippen LogP contribution >= 0.6 is 11.3 Å². The summed E-state index contributed by atoms with van der Waals surface area (Å²) in [6, 6.07) is 13.5. The number of carbonyl (C=O) groups is 1. The van der Waals surface area contributed by atoms with E-state index < -0.39 is 0 Å². The van der Waals surface area contributed by atoms with Gasteiger partial charge in [0.2, 0.25) is 0 Å². The Kier molecular flexibility index (Phi) is 5.13. The molecule has 0 aliphatic carbocycles. The van der Waals surface area contributed by atoms with Gasteiger partial charge in [-0.15, -0.1) is 11.3 Å². The van der Waals surface area contributed by atoms with Crippen LogP contribution in [0.4, 0.5) is 4.39 Å². The van der Waals surface area contributed by atoms with Crippen LogP contribution in [0.15, 0.2) is 48.5 Å². The number of rotatable bonds is 3. The highest BCUT2D eigenvalue weighted by molar-refractivity contribution is 7.17. The van der Waals surface area contributed by atoms with Crippen LogP contribution < -0.4 is 0 Å². The second-order valence-corrected chi connectivity index (χ2v) is 8.10. The Morgan fingerprint density at radius 1 is 1.11 bits per heavy atom. The minimum Gasteiger partial charge on any atom is -0.508 e. The average Bonchev–Trinajstić information content (AvgIpc) is 3.10. The third kappa shape index (κ3) is 3.78. The van der Waals surface area contributed by atoms with Gasteiger partial charge < -0.3 is 10.0 Å². The van der Waals surface area contributed by atoms with Crippen LogP contribution in [0.25, 0.3) is 10.6 Å². The third-order valence-corrected chi connectivity index (χ3v) is 6.42. The number of benzene rings is 2. The van der Waals surface area contributed by atoms with E-state index in [1.54, 1.807) is 24.3 Å². The first kappa shape index (κ1) is 18.6. The zero-order valence-electron chi connectivity index (χ0n) is 15.6. The van der Waals surface area contributed by atoms with E-state index in [9.17, 15) is 14.3 Å². The van der Waals surface area contributed by atoms with Gasteiger partial charge in [0.15, 0.2) is 0 Å². The zero-order chi connectivity index (χ0) is 19.7. The molecule has 1 amide bonds. The lowest BCUT2D eigenvalue weighted by molar-refractivity contribution is 0.0717. The normalized spacial score (nSPS) is 15.0. The topological polar surface area (TPSA) is 53.4 Å². The van der Waals surface area contributed by atoms with Crippen molar-refractivity contribution in [2.24, 2.45) is 0 Å². The minimum absolute atomic E-state index is 0.0208. The number of aromatic hydroxyl groups is 1. The molecule has 0 radical (unpaired) electrons. The molecule has 1 saturated heterocycles. The second-order valence-electron chi connectivity index (χ2n) is 7.10. The number of thiazole rings is 1. The fraction of sp³-hybridized carbons (Fsp3) is 0.273. The molecule has 1 fully saturated rings. The van der Waals surface area contributed by atoms with Gasteiger partial charge in [-0.25, -0.2) is 9.37 Å². The molecule has 0 bridgehead atoms. The van der Waals surface area contributed by atoms with Gasteiger partial charge in [-0.1, -0.05) is 12.1 Å². The fourth-order valence-electron chi connectivity index (χ4n) is 3.62. The van der Waals surface area contributed by atoms with E-state index in [0.717, 1.165) is 29.1 Å². The van der Waals surface area contributed by atoms with E-state index in [0.29, 0.717) is 23.9 Å². The van der Waals surface area contributed by atoms with E-state index >= 15 is 0 Å². The molecular weight excluding hydrogens is 375 g/mol. The van der Waals surface area contributed by atoms with Gasteiger partial charge in [0.25, 0.3) is 5.91 Å². The van der Waals surface area contributed by atoms with Crippen molar-refractivity contribution in [2.45, 2.75) is 25.7 Å². The predicted molar refractivity (Wildman–Crippen MR) is 108 cm³/mol. The van der Waals surface area contributed by atoms with Crippen molar-refractivity contribution in [1.29, 1.82) is 0 Å². The molecule has 6 heteroatoms. The van der Waals surface area contributed by atoms with E-state index in [-0.39, 0.29) is 17.5 Å². The maximum Gasteiger partial charge on any atom is 0.265 e. The summed E-state index contributed by atoms with van der Waals surface area (Å²) in [6.45, 7) is 3.25. The Bertz CT molecular complexity index is 975. The maximum atomic E-state index is 13.1. The Morgan fingerprint density at radius 2 is 1.75 bits per heavy atom. The van der Waals surface area contributed by atoms with Crippen molar-refractivity contribution in [2.75, 3.05) is 13.1 Å². The molecule has 3 aromatic rings. The standard InChI is InChI=1S/C22H21FN2O2S/c1-14-20(28-21(24-14)17-2-6-18(23)7-3-17)22(27)25-12-10-16(11-13-25)15-4-8-19(26)9-5-15/h2-9,16,26H,10-13H2,1H3. The Hall–Kier alpha value is -2.73. The number of phenols is 1. The summed E-state index contributed by atoms with van der Waals surface area (Å²) < 4.78 is 13.1. The quantitative estimate of drug-likeness (QED) is 0.679. The zero-order valence-corrected chi connectivity index (χ0v) is 16.4. The number of hydrogen-bond acceptors (Lipinski definition) is 4. The van der Waals surface area contributed by atoms with E-state index in [1.165, 1.54) is 29.0 Å². The van der Waals surface area contributed by atoms with E-state index in [4.69, 9.17) is 0 Å². The van der Waals surface area contributed by atoms with Crippen molar-refractivity contribution in [3.8, 4) is 16.3 Å². The van der Waals surface area contributed by atoms with Crippen LogP contribution in [0.3, 0.4) is 0 Å². The van der Waals surface area contributed by atoms with Gasteiger partial charge >= 0.3 is 0 Å². The summed E-state index contributed by atoms with van der Waals surface area (Å²) in [6.07, 6.45) is 1.80. The van der Waals surface area contributed by atoms with Crippen molar-refractivity contribution < 1.29 is 14.3 Å². The molecule has 4 rings (SSSR count). The number of likely N-dealkylation sites (tertiary alicyclic amines) is 1. The number of nitrogens with zero attached hydrogens (tertiary/aromatic N) is 2. The monoisotopic (exact) mass is 396 g/mol. The van der Waals surface area contributed by atoms with Gasteiger partial charge in [0.1, 0.15) is 21.5 Å². The third-order valence-electron chi connectivity index (χ3n) is 5.23. The van der Waals surface area contributed by atoms with Gasteiger partial charge in [-0.05, 0) is 67.6 Å². The lowest BCUT2D eigenvalue weighted by Gasteiger charge is -2.32. The molecule has 1 aliphatic rings. The van der Waals surface area contributed by atoms with E-state index in [2.05, 4.69) is 4.98 Å². The Labute approximate surface area is 167 Å². The van der Waals surface area contributed by atoms with Gasteiger partial charge in [0.05, 0.1) is 5.69 Å². The molecule has 2 heterocycles. The predicted octanol–water partition coefficient (Wildman–Crippen LogP) is 4.98. The molecule has 0 atom stereocenters. The number of carbonyl (C=O) groups excluding carboxylic acids is 1. The molecule has 0 spiro atoms. The Balaban J connectivity index is 1.45. The molecule has 1 aliphatic heterocycles. The van der Waals surface area contributed by atoms with Crippen LogP contribution in [-0.4, -0.2) is 34.0 Å². The van der Waals surface area contributed by atoms with Crippen molar-refractivity contribution in [3.05, 3.63) is 70.5 Å². The smallest absolute Gasteiger partial charge is 0.265 e. The highest BCUT2D eigenvalue weighted by Gasteiger charge is 2.27. The second kappa shape index (κ2) is 7.72. The number of halogens is 1. The van der Waals surface area contributed by atoms with Crippen LogP contribution in [-0.2, 0) is 0 Å². The molecule has 2 aromatic carbocycles. The van der Waals surface area contributed by atoms with Crippen LogP contribution in [0.5, 0.6) is 5.75 Å². The summed E-state index contributed by atoms with van der Waals surface area (Å²) in [5.74, 6) is 0.410. The van der Waals surface area contributed by atoms with Crippen LogP contribution in [0.2, 0.25) is 0 Å². The van der Waals surface area contributed by atoms with Gasteiger partial charge in [-0.2, -0.15) is 0 Å². The number of aryl methyl sites for hydroxylation is 1. The first-order valence-corrected chi connectivity index (χ1v) is 10.1. The largest absolute Gasteiger partial charge is 0.508 e. The summed E-state index contributed by atoms with van der Waals surface area (Å²) >= 11 is 1.37. The van der Waals surface area contributed by atoms with Gasteiger partial charge in [0, 0.05) is 18.7 Å². The molecule has 4 nitrogen and oxygen atoms in total. The number of piperidine rings is 1. The molecule has 1 N–H and O–H groups in total. The lowest BCUT2D eigenvalue weighted by atomic mass is 9.89. The summed E-state index contributed by atoms with van der Waals surface area (Å²) in [5, 5.41) is 10.2. The SMILES string of the molecule is Cc1nc(-c2ccc(F)cc2)sc1C(=O)N1CCC(c2ccc(O)cc2)CC1. The van der Waals surface area contributed by atoms with E-state index in [1.807, 2.05) is 24.0 Å². The van der Waals surface area contributed by atoms with Crippen LogP contribution in [0, 0.1) is 12.7 Å². The number of hydrogen-bond donors (Lipinski definition) is 1. The van der Waals surface area contributed by atoms with Crippen molar-refractivity contribution >= 4 is 17.2 Å². The summed E-state index contributed by atoms with van der Waals surface area (Å²) in [4.78, 5) is 20.1. The number of aromatic nitrogens is 1. The molecule has 1 aromatic heterocycles. The van der Waals surface area contributed by atoms with Crippen molar-refractivity contribution in [1.82, 2.24) is 9.88 Å². The fourth-order valence-corrected chi connectivity index (χ4v) is 4.66. The molecule has 0 saturated carbocycles. The molecular formula is C22H21FN2O2S. The Morgan fingerprint density at radius 3 is 2.39 bits per heavy atom. The highest BCUT2D eigenvalue weighted by atomic mass is 32.1. The lowest BCUT2D eigenvalue weighted by Crippen LogP contribution is -2.37.